The minimum absolute atomic E-state index is 0.104. The van der Waals surface area contributed by atoms with Crippen LogP contribution in [-0.4, -0.2) is 33.5 Å². The van der Waals surface area contributed by atoms with Crippen molar-refractivity contribution in [3.05, 3.63) is 45.9 Å². The average Bonchev–Trinajstić information content (AvgIpc) is 2.60. The maximum absolute atomic E-state index is 10.4. The summed E-state index contributed by atoms with van der Waals surface area (Å²) in [4.78, 5) is 0. The molecule has 0 aliphatic rings. The molecule has 0 heterocycles. The van der Waals surface area contributed by atoms with Crippen LogP contribution < -0.4 is 18.9 Å². The standard InChI is InChI=1S/C18H19BrO5/c1-21-15-6-5-12(10-13(15)19)14(20)7-11-8-16(22-2)18(24-4)17(9-11)23-3/h5-10,20H,1-4H3/b14-7-. The minimum atomic E-state index is 0.104. The lowest BCUT2D eigenvalue weighted by molar-refractivity contribution is 0.324. The molecule has 2 aromatic carbocycles. The van der Waals surface area contributed by atoms with E-state index in [9.17, 15) is 5.11 Å². The summed E-state index contributed by atoms with van der Waals surface area (Å²) in [6, 6.07) is 8.85. The zero-order chi connectivity index (χ0) is 17.7. The normalized spacial score (nSPS) is 11.1. The summed E-state index contributed by atoms with van der Waals surface area (Å²) in [5.74, 6) is 2.34. The first-order valence-corrected chi connectivity index (χ1v) is 7.88. The molecule has 24 heavy (non-hydrogen) atoms. The van der Waals surface area contributed by atoms with Crippen LogP contribution >= 0.6 is 15.9 Å². The second-order valence-corrected chi connectivity index (χ2v) is 5.69. The summed E-state index contributed by atoms with van der Waals surface area (Å²) >= 11 is 3.41. The van der Waals surface area contributed by atoms with E-state index < -0.39 is 0 Å². The summed E-state index contributed by atoms with van der Waals surface area (Å²) in [6.45, 7) is 0. The molecule has 0 aromatic heterocycles. The van der Waals surface area contributed by atoms with E-state index >= 15 is 0 Å². The van der Waals surface area contributed by atoms with Gasteiger partial charge in [-0.1, -0.05) is 0 Å². The summed E-state index contributed by atoms with van der Waals surface area (Å²) < 4.78 is 21.9. The van der Waals surface area contributed by atoms with Crippen molar-refractivity contribution in [2.45, 2.75) is 0 Å². The number of rotatable bonds is 6. The van der Waals surface area contributed by atoms with Gasteiger partial charge in [0.15, 0.2) is 11.5 Å². The third-order valence-corrected chi connectivity index (χ3v) is 4.06. The van der Waals surface area contributed by atoms with Crippen LogP contribution in [0.2, 0.25) is 0 Å². The van der Waals surface area contributed by atoms with E-state index in [0.717, 1.165) is 4.47 Å². The SMILES string of the molecule is COc1ccc(/C(O)=C/c2cc(OC)c(OC)c(OC)c2)cc1Br. The van der Waals surface area contributed by atoms with Crippen LogP contribution in [0.3, 0.4) is 0 Å². The molecule has 2 rings (SSSR count). The van der Waals surface area contributed by atoms with E-state index in [1.165, 1.54) is 0 Å². The Morgan fingerprint density at radius 2 is 1.46 bits per heavy atom. The van der Waals surface area contributed by atoms with Crippen LogP contribution in [0.25, 0.3) is 11.8 Å². The third kappa shape index (κ3) is 3.76. The highest BCUT2D eigenvalue weighted by atomic mass is 79.9. The third-order valence-electron chi connectivity index (χ3n) is 3.44. The van der Waals surface area contributed by atoms with Gasteiger partial charge >= 0.3 is 0 Å². The van der Waals surface area contributed by atoms with Gasteiger partial charge in [-0.15, -0.1) is 0 Å². The van der Waals surface area contributed by atoms with Crippen molar-refractivity contribution >= 4 is 27.8 Å². The number of hydrogen-bond acceptors (Lipinski definition) is 5. The molecule has 0 amide bonds. The lowest BCUT2D eigenvalue weighted by atomic mass is 10.1. The summed E-state index contributed by atoms with van der Waals surface area (Å²) in [6.07, 6.45) is 1.62. The van der Waals surface area contributed by atoms with Crippen LogP contribution in [-0.2, 0) is 0 Å². The molecule has 6 heteroatoms. The Bertz CT molecular complexity index is 730. The van der Waals surface area contributed by atoms with Crippen LogP contribution in [0, 0.1) is 0 Å². The molecular formula is C18H19BrO5. The molecule has 0 saturated heterocycles. The van der Waals surface area contributed by atoms with E-state index in [1.807, 2.05) is 0 Å². The molecule has 0 unspecified atom stereocenters. The maximum Gasteiger partial charge on any atom is 0.203 e. The summed E-state index contributed by atoms with van der Waals surface area (Å²) in [5.41, 5.74) is 1.37. The smallest absolute Gasteiger partial charge is 0.203 e. The number of hydrogen-bond donors (Lipinski definition) is 1. The fourth-order valence-electron chi connectivity index (χ4n) is 2.25. The molecule has 0 aliphatic heterocycles. The monoisotopic (exact) mass is 394 g/mol. The van der Waals surface area contributed by atoms with E-state index in [-0.39, 0.29) is 5.76 Å². The Morgan fingerprint density at radius 3 is 1.92 bits per heavy atom. The van der Waals surface area contributed by atoms with Crippen LogP contribution in [0.15, 0.2) is 34.8 Å². The van der Waals surface area contributed by atoms with Crippen LogP contribution in [0.4, 0.5) is 0 Å². The van der Waals surface area contributed by atoms with E-state index in [4.69, 9.17) is 18.9 Å². The molecule has 0 atom stereocenters. The molecule has 128 valence electrons. The predicted molar refractivity (Wildman–Crippen MR) is 97.3 cm³/mol. The maximum atomic E-state index is 10.4. The first-order valence-electron chi connectivity index (χ1n) is 7.08. The molecule has 0 radical (unpaired) electrons. The van der Waals surface area contributed by atoms with Crippen molar-refractivity contribution in [1.82, 2.24) is 0 Å². The fraction of sp³-hybridized carbons (Fsp3) is 0.222. The molecule has 5 nitrogen and oxygen atoms in total. The lowest BCUT2D eigenvalue weighted by Gasteiger charge is -2.13. The average molecular weight is 395 g/mol. The first-order chi connectivity index (χ1) is 11.5. The van der Waals surface area contributed by atoms with Gasteiger partial charge in [-0.05, 0) is 57.9 Å². The molecule has 0 spiro atoms. The number of ether oxygens (including phenoxy) is 4. The molecular weight excluding hydrogens is 376 g/mol. The number of aliphatic hydroxyl groups excluding tert-OH is 1. The van der Waals surface area contributed by atoms with Crippen molar-refractivity contribution in [1.29, 1.82) is 0 Å². The van der Waals surface area contributed by atoms with E-state index in [1.54, 1.807) is 64.8 Å². The molecule has 1 N–H and O–H groups in total. The Labute approximate surface area is 149 Å². The topological polar surface area (TPSA) is 57.2 Å². The van der Waals surface area contributed by atoms with Gasteiger partial charge in [0.2, 0.25) is 5.75 Å². The van der Waals surface area contributed by atoms with Crippen molar-refractivity contribution in [3.63, 3.8) is 0 Å². The van der Waals surface area contributed by atoms with Gasteiger partial charge in [-0.2, -0.15) is 0 Å². The van der Waals surface area contributed by atoms with Gasteiger partial charge in [-0.25, -0.2) is 0 Å². The van der Waals surface area contributed by atoms with Crippen molar-refractivity contribution < 1.29 is 24.1 Å². The Morgan fingerprint density at radius 1 is 0.875 bits per heavy atom. The van der Waals surface area contributed by atoms with Crippen molar-refractivity contribution in [2.75, 3.05) is 28.4 Å². The predicted octanol–water partition coefficient (Wildman–Crippen LogP) is 4.54. The first kappa shape index (κ1) is 18.0. The molecule has 2 aromatic rings. The van der Waals surface area contributed by atoms with Gasteiger partial charge in [0.1, 0.15) is 11.5 Å². The van der Waals surface area contributed by atoms with Crippen LogP contribution in [0.5, 0.6) is 23.0 Å². The Balaban J connectivity index is 2.44. The molecule has 0 bridgehead atoms. The molecule has 0 fully saturated rings. The second kappa shape index (κ2) is 7.97. The molecule has 0 aliphatic carbocycles. The number of aliphatic hydroxyl groups is 1. The Kier molecular flexibility index (Phi) is 5.98. The Hall–Kier alpha value is -2.34. The summed E-state index contributed by atoms with van der Waals surface area (Å²) in [7, 11) is 6.23. The quantitative estimate of drug-likeness (QED) is 0.575. The summed E-state index contributed by atoms with van der Waals surface area (Å²) in [5, 5.41) is 10.4. The van der Waals surface area contributed by atoms with Crippen LogP contribution in [0.1, 0.15) is 11.1 Å². The second-order valence-electron chi connectivity index (χ2n) is 4.84. The van der Waals surface area contributed by atoms with Crippen molar-refractivity contribution in [3.8, 4) is 23.0 Å². The minimum Gasteiger partial charge on any atom is -0.507 e. The molecule has 0 saturated carbocycles. The van der Waals surface area contributed by atoms with E-state index in [0.29, 0.717) is 34.1 Å². The highest BCUT2D eigenvalue weighted by Gasteiger charge is 2.13. The van der Waals surface area contributed by atoms with Gasteiger partial charge in [0, 0.05) is 5.56 Å². The van der Waals surface area contributed by atoms with Gasteiger partial charge in [0.05, 0.1) is 32.9 Å². The zero-order valence-corrected chi connectivity index (χ0v) is 15.5. The number of halogens is 1. The van der Waals surface area contributed by atoms with Gasteiger partial charge in [0.25, 0.3) is 0 Å². The van der Waals surface area contributed by atoms with Crippen molar-refractivity contribution in [2.24, 2.45) is 0 Å². The highest BCUT2D eigenvalue weighted by molar-refractivity contribution is 9.10. The highest BCUT2D eigenvalue weighted by Crippen LogP contribution is 2.39. The van der Waals surface area contributed by atoms with Gasteiger partial charge in [-0.3, -0.25) is 0 Å². The number of benzene rings is 2. The van der Waals surface area contributed by atoms with E-state index in [2.05, 4.69) is 15.9 Å². The lowest BCUT2D eigenvalue weighted by Crippen LogP contribution is -1.96. The largest absolute Gasteiger partial charge is 0.507 e. The number of methoxy groups -OCH3 is 4. The zero-order valence-electron chi connectivity index (χ0n) is 13.9. The fourth-order valence-corrected chi connectivity index (χ4v) is 2.79. The van der Waals surface area contributed by atoms with Gasteiger partial charge < -0.3 is 24.1 Å².